The maximum atomic E-state index is 11.0. The van der Waals surface area contributed by atoms with Gasteiger partial charge >= 0.3 is 15.6 Å². The minimum atomic E-state index is -5.03. The van der Waals surface area contributed by atoms with Crippen molar-refractivity contribution in [2.45, 2.75) is 13.3 Å². The Labute approximate surface area is 87.6 Å². The molecule has 7 nitrogen and oxygen atoms in total. The van der Waals surface area contributed by atoms with Crippen LogP contribution < -0.4 is 0 Å². The fourth-order valence-electron chi connectivity index (χ4n) is 0.700. The fraction of sp³-hybridized carbons (Fsp3) is 0.667. The number of phosphoric ester groups is 1. The minimum Gasteiger partial charge on any atom is -0.302 e. The third-order valence-corrected chi connectivity index (χ3v) is 3.67. The Morgan fingerprint density at radius 1 is 1.40 bits per heavy atom. The highest BCUT2D eigenvalue weighted by atomic mass is 31.3. The van der Waals surface area contributed by atoms with E-state index < -0.39 is 15.6 Å². The van der Waals surface area contributed by atoms with Gasteiger partial charge in [0, 0.05) is 5.92 Å². The van der Waals surface area contributed by atoms with E-state index in [2.05, 4.69) is 15.4 Å². The number of hydrogen-bond acceptors (Lipinski definition) is 4. The molecular formula is C6H14O7P2. The molecule has 0 saturated heterocycles. The molecule has 0 amide bonds. The minimum absolute atomic E-state index is 0.175. The van der Waals surface area contributed by atoms with E-state index in [0.29, 0.717) is 6.42 Å². The zero-order valence-corrected chi connectivity index (χ0v) is 9.93. The maximum Gasteiger partial charge on any atom is 0.481 e. The Kier molecular flexibility index (Phi) is 5.92. The van der Waals surface area contributed by atoms with Crippen LogP contribution in [0.5, 0.6) is 0 Å². The molecule has 0 rings (SSSR count). The smallest absolute Gasteiger partial charge is 0.302 e. The molecule has 15 heavy (non-hydrogen) atoms. The maximum absolute atomic E-state index is 11.0. The zero-order valence-electron chi connectivity index (χ0n) is 8.15. The lowest BCUT2D eigenvalue weighted by molar-refractivity contribution is 0.165. The van der Waals surface area contributed by atoms with Crippen LogP contribution in [0.2, 0.25) is 0 Å². The average Bonchev–Trinajstić information content (AvgIpc) is 2.01. The predicted molar refractivity (Wildman–Crippen MR) is 52.9 cm³/mol. The zero-order chi connectivity index (χ0) is 12.1. The molecule has 3 N–H and O–H groups in total. The predicted octanol–water partition coefficient (Wildman–Crippen LogP) is 1.42. The van der Waals surface area contributed by atoms with Gasteiger partial charge in [0.15, 0.2) is 0 Å². The summed E-state index contributed by atoms with van der Waals surface area (Å²) in [6, 6.07) is 0. The lowest BCUT2D eigenvalue weighted by Gasteiger charge is -2.15. The van der Waals surface area contributed by atoms with Crippen molar-refractivity contribution >= 4 is 15.6 Å². The van der Waals surface area contributed by atoms with Crippen LogP contribution >= 0.6 is 15.6 Å². The van der Waals surface area contributed by atoms with E-state index in [4.69, 9.17) is 14.7 Å². The van der Waals surface area contributed by atoms with Gasteiger partial charge in [-0.2, -0.15) is 4.31 Å². The van der Waals surface area contributed by atoms with Crippen molar-refractivity contribution in [2.24, 2.45) is 5.92 Å². The molecular weight excluding hydrogens is 246 g/mol. The van der Waals surface area contributed by atoms with Crippen molar-refractivity contribution in [3.63, 3.8) is 0 Å². The molecule has 0 aromatic heterocycles. The van der Waals surface area contributed by atoms with Crippen LogP contribution in [0, 0.1) is 5.92 Å². The van der Waals surface area contributed by atoms with Crippen LogP contribution in [0.25, 0.3) is 0 Å². The van der Waals surface area contributed by atoms with Crippen LogP contribution in [0.1, 0.15) is 13.3 Å². The summed E-state index contributed by atoms with van der Waals surface area (Å²) >= 11 is 0. The van der Waals surface area contributed by atoms with Crippen molar-refractivity contribution in [3.8, 4) is 0 Å². The highest BCUT2D eigenvalue weighted by Crippen LogP contribution is 2.57. The summed E-state index contributed by atoms with van der Waals surface area (Å²) in [7, 11) is -9.73. The third kappa shape index (κ3) is 7.88. The quantitative estimate of drug-likeness (QED) is 0.468. The van der Waals surface area contributed by atoms with Gasteiger partial charge < -0.3 is 14.7 Å². The SMILES string of the molecule is C=CC(CC)COP(=O)(O)OP(=O)(O)O. The molecule has 0 fully saturated rings. The first-order valence-corrected chi connectivity index (χ1v) is 7.09. The van der Waals surface area contributed by atoms with Crippen molar-refractivity contribution in [3.05, 3.63) is 12.7 Å². The highest BCUT2D eigenvalue weighted by molar-refractivity contribution is 7.60. The standard InChI is InChI=1S/C6H14O7P2/c1-3-6(4-2)5-12-15(10,11)13-14(7,8)9/h3,6H,1,4-5H2,2H3,(H,10,11)(H2,7,8,9). The van der Waals surface area contributed by atoms with Gasteiger partial charge in [-0.3, -0.25) is 4.52 Å². The summed E-state index contributed by atoms with van der Waals surface area (Å²) in [5, 5.41) is 0. The molecule has 2 unspecified atom stereocenters. The first-order valence-electron chi connectivity index (χ1n) is 4.07. The molecule has 0 spiro atoms. The number of phosphoric acid groups is 2. The van der Waals surface area contributed by atoms with E-state index in [1.807, 2.05) is 6.92 Å². The molecule has 0 saturated carbocycles. The van der Waals surface area contributed by atoms with Crippen LogP contribution in [0.4, 0.5) is 0 Å². The Morgan fingerprint density at radius 3 is 2.27 bits per heavy atom. The van der Waals surface area contributed by atoms with Gasteiger partial charge in [0.25, 0.3) is 0 Å². The summed E-state index contributed by atoms with van der Waals surface area (Å²) in [6.45, 7) is 5.08. The first kappa shape index (κ1) is 15.0. The summed E-state index contributed by atoms with van der Waals surface area (Å²) in [4.78, 5) is 25.5. The Balaban J connectivity index is 4.21. The molecule has 2 atom stereocenters. The monoisotopic (exact) mass is 260 g/mol. The molecule has 0 aliphatic rings. The normalized spacial score (nSPS) is 18.1. The van der Waals surface area contributed by atoms with E-state index >= 15 is 0 Å². The Morgan fingerprint density at radius 2 is 1.93 bits per heavy atom. The second kappa shape index (κ2) is 5.92. The summed E-state index contributed by atoms with van der Waals surface area (Å²) in [6.07, 6.45) is 2.14. The van der Waals surface area contributed by atoms with Crippen LogP contribution in [-0.2, 0) is 18.0 Å². The summed E-state index contributed by atoms with van der Waals surface area (Å²) in [5.74, 6) is -0.175. The lowest BCUT2D eigenvalue weighted by Crippen LogP contribution is -2.05. The largest absolute Gasteiger partial charge is 0.481 e. The van der Waals surface area contributed by atoms with Crippen molar-refractivity contribution in [1.82, 2.24) is 0 Å². The van der Waals surface area contributed by atoms with Crippen molar-refractivity contribution in [2.75, 3.05) is 6.61 Å². The van der Waals surface area contributed by atoms with Gasteiger partial charge in [0.2, 0.25) is 0 Å². The fourth-order valence-corrected chi connectivity index (χ4v) is 2.34. The third-order valence-electron chi connectivity index (χ3n) is 1.52. The van der Waals surface area contributed by atoms with Crippen LogP contribution in [0.15, 0.2) is 12.7 Å². The highest BCUT2D eigenvalue weighted by Gasteiger charge is 2.32. The van der Waals surface area contributed by atoms with E-state index in [-0.39, 0.29) is 12.5 Å². The Bertz CT molecular complexity index is 296. The second-order valence-electron chi connectivity index (χ2n) is 2.74. The molecule has 0 radical (unpaired) electrons. The van der Waals surface area contributed by atoms with Gasteiger partial charge in [-0.05, 0) is 6.42 Å². The average molecular weight is 260 g/mol. The van der Waals surface area contributed by atoms with Gasteiger partial charge in [-0.1, -0.05) is 13.0 Å². The Hall–Kier alpha value is -0.0000000000000000416. The van der Waals surface area contributed by atoms with Gasteiger partial charge in [0.05, 0.1) is 6.61 Å². The molecule has 0 aromatic rings. The number of rotatable bonds is 7. The van der Waals surface area contributed by atoms with Gasteiger partial charge in [0.1, 0.15) is 0 Å². The van der Waals surface area contributed by atoms with E-state index in [0.717, 1.165) is 0 Å². The van der Waals surface area contributed by atoms with Crippen molar-refractivity contribution in [1.29, 1.82) is 0 Å². The molecule has 0 aromatic carbocycles. The van der Waals surface area contributed by atoms with Crippen molar-refractivity contribution < 1.29 is 32.6 Å². The van der Waals surface area contributed by atoms with Crippen LogP contribution in [0.3, 0.4) is 0 Å². The topological polar surface area (TPSA) is 113 Å². The molecule has 9 heteroatoms. The first-order chi connectivity index (χ1) is 6.70. The molecule has 0 bridgehead atoms. The summed E-state index contributed by atoms with van der Waals surface area (Å²) in [5.41, 5.74) is 0. The second-order valence-corrected chi connectivity index (χ2v) is 5.57. The summed E-state index contributed by atoms with van der Waals surface area (Å²) < 4.78 is 29.2. The molecule has 90 valence electrons. The van der Waals surface area contributed by atoms with Gasteiger partial charge in [-0.25, -0.2) is 9.13 Å². The molecule has 0 aliphatic carbocycles. The lowest BCUT2D eigenvalue weighted by atomic mass is 10.1. The van der Waals surface area contributed by atoms with E-state index in [1.54, 1.807) is 0 Å². The van der Waals surface area contributed by atoms with E-state index in [1.165, 1.54) is 6.08 Å². The van der Waals surface area contributed by atoms with E-state index in [9.17, 15) is 9.13 Å². The molecule has 0 aliphatic heterocycles. The molecule has 0 heterocycles. The number of hydrogen-bond donors (Lipinski definition) is 3. The van der Waals surface area contributed by atoms with Crippen LogP contribution in [-0.4, -0.2) is 21.3 Å². The van der Waals surface area contributed by atoms with Gasteiger partial charge in [-0.15, -0.1) is 6.58 Å².